The molecule has 1 aromatic carbocycles. The number of hydrogen-bond acceptors (Lipinski definition) is 4. The summed E-state index contributed by atoms with van der Waals surface area (Å²) in [6.45, 7) is 3.55. The van der Waals surface area contributed by atoms with Gasteiger partial charge in [-0.3, -0.25) is 9.69 Å². The first-order chi connectivity index (χ1) is 12.8. The summed E-state index contributed by atoms with van der Waals surface area (Å²) in [5, 5.41) is 0. The number of nitrogens with zero attached hydrogens (tertiary/aromatic N) is 3. The van der Waals surface area contributed by atoms with Crippen LogP contribution in [0.1, 0.15) is 48.8 Å². The lowest BCUT2D eigenvalue weighted by Crippen LogP contribution is -2.41. The molecule has 1 amide bonds. The van der Waals surface area contributed by atoms with Crippen LogP contribution in [-0.4, -0.2) is 35.4 Å². The summed E-state index contributed by atoms with van der Waals surface area (Å²) < 4.78 is 5.88. The Hall–Kier alpha value is -2.14. The number of aromatic nitrogens is 1. The van der Waals surface area contributed by atoms with Gasteiger partial charge >= 0.3 is 0 Å². The number of benzene rings is 1. The molecule has 5 rings (SSSR count). The molecule has 0 spiro atoms. The molecule has 0 atom stereocenters. The molecule has 1 saturated carbocycles. The van der Waals surface area contributed by atoms with Gasteiger partial charge in [-0.05, 0) is 56.8 Å². The van der Waals surface area contributed by atoms with E-state index < -0.39 is 0 Å². The topological polar surface area (TPSA) is 49.6 Å². The zero-order chi connectivity index (χ0) is 17.5. The molecule has 3 heterocycles. The van der Waals surface area contributed by atoms with Gasteiger partial charge in [0.15, 0.2) is 5.89 Å². The molecule has 0 N–H and O–H groups in total. The first kappa shape index (κ1) is 16.1. The van der Waals surface area contributed by atoms with Gasteiger partial charge in [0.1, 0.15) is 5.76 Å². The van der Waals surface area contributed by atoms with Crippen LogP contribution in [0.2, 0.25) is 0 Å². The molecule has 5 nitrogen and oxygen atoms in total. The zero-order valence-corrected chi connectivity index (χ0v) is 15.1. The number of anilines is 1. The van der Waals surface area contributed by atoms with E-state index in [1.54, 1.807) is 0 Å². The van der Waals surface area contributed by atoms with Crippen LogP contribution in [0.5, 0.6) is 0 Å². The lowest BCUT2D eigenvalue weighted by atomic mass is 9.95. The van der Waals surface area contributed by atoms with Crippen LogP contribution in [0.3, 0.4) is 0 Å². The smallest absolute Gasteiger partial charge is 0.230 e. The second kappa shape index (κ2) is 6.54. The molecule has 3 aliphatic rings. The summed E-state index contributed by atoms with van der Waals surface area (Å²) in [6, 6.07) is 8.30. The maximum atomic E-state index is 13.0. The number of piperidine rings is 1. The molecule has 5 heteroatoms. The van der Waals surface area contributed by atoms with E-state index in [2.05, 4.69) is 28.1 Å². The van der Waals surface area contributed by atoms with E-state index in [1.165, 1.54) is 18.4 Å². The number of hydrogen-bond donors (Lipinski definition) is 0. The van der Waals surface area contributed by atoms with E-state index in [-0.39, 0.29) is 5.92 Å². The van der Waals surface area contributed by atoms with Crippen molar-refractivity contribution in [2.24, 2.45) is 5.92 Å². The predicted octanol–water partition coefficient (Wildman–Crippen LogP) is 3.35. The van der Waals surface area contributed by atoms with Gasteiger partial charge in [0.2, 0.25) is 5.91 Å². The lowest BCUT2D eigenvalue weighted by Gasteiger charge is -2.32. The lowest BCUT2D eigenvalue weighted by molar-refractivity contribution is -0.123. The summed E-state index contributed by atoms with van der Waals surface area (Å²) in [6.07, 6.45) is 7.16. The molecule has 2 aromatic rings. The SMILES string of the molecule is O=C(C1CCN(Cc2cnc(C3CC3)o2)CC1)N1CCc2ccccc21. The number of fused-ring (bicyclic) bond motifs is 1. The third kappa shape index (κ3) is 3.05. The third-order valence-electron chi connectivity index (χ3n) is 5.97. The van der Waals surface area contributed by atoms with Crippen molar-refractivity contribution in [1.82, 2.24) is 9.88 Å². The van der Waals surface area contributed by atoms with Crippen molar-refractivity contribution < 1.29 is 9.21 Å². The first-order valence-corrected chi connectivity index (χ1v) is 9.84. The summed E-state index contributed by atoms with van der Waals surface area (Å²) in [4.78, 5) is 21.8. The van der Waals surface area contributed by atoms with E-state index >= 15 is 0 Å². The van der Waals surface area contributed by atoms with Gasteiger partial charge in [0.05, 0.1) is 12.7 Å². The Labute approximate surface area is 154 Å². The molecule has 2 fully saturated rings. The number of likely N-dealkylation sites (tertiary alicyclic amines) is 1. The molecule has 26 heavy (non-hydrogen) atoms. The minimum Gasteiger partial charge on any atom is -0.444 e. The second-order valence-electron chi connectivity index (χ2n) is 7.86. The van der Waals surface area contributed by atoms with Crippen molar-refractivity contribution in [3.05, 3.63) is 47.7 Å². The molecule has 1 aromatic heterocycles. The Morgan fingerprint density at radius 3 is 2.73 bits per heavy atom. The zero-order valence-electron chi connectivity index (χ0n) is 15.1. The van der Waals surface area contributed by atoms with Gasteiger partial charge in [0, 0.05) is 24.1 Å². The van der Waals surface area contributed by atoms with E-state index in [4.69, 9.17) is 4.42 Å². The second-order valence-corrected chi connectivity index (χ2v) is 7.86. The number of oxazole rings is 1. The fourth-order valence-electron chi connectivity index (χ4n) is 4.26. The average Bonchev–Trinajstić information content (AvgIpc) is 3.27. The van der Waals surface area contributed by atoms with E-state index in [9.17, 15) is 4.79 Å². The van der Waals surface area contributed by atoms with E-state index in [0.717, 1.165) is 62.8 Å². The standard InChI is InChI=1S/C21H25N3O2/c25-21(24-12-9-15-3-1-2-4-19(15)24)17-7-10-23(11-8-17)14-18-13-22-20(26-18)16-5-6-16/h1-4,13,16-17H,5-12,14H2. The van der Waals surface area contributed by atoms with Crippen LogP contribution in [0.15, 0.2) is 34.9 Å². The van der Waals surface area contributed by atoms with E-state index in [1.807, 2.05) is 17.2 Å². The van der Waals surface area contributed by atoms with Crippen molar-refractivity contribution >= 4 is 11.6 Å². The van der Waals surface area contributed by atoms with Crippen LogP contribution >= 0.6 is 0 Å². The predicted molar refractivity (Wildman–Crippen MR) is 99.0 cm³/mol. The first-order valence-electron chi connectivity index (χ1n) is 9.84. The maximum absolute atomic E-state index is 13.0. The number of carbonyl (C=O) groups excluding carboxylic acids is 1. The quantitative estimate of drug-likeness (QED) is 0.848. The molecule has 1 aliphatic carbocycles. The van der Waals surface area contributed by atoms with Crippen molar-refractivity contribution in [2.75, 3.05) is 24.5 Å². The van der Waals surface area contributed by atoms with Gasteiger partial charge in [-0.2, -0.15) is 0 Å². The normalized spacial score (nSPS) is 21.2. The highest BCUT2D eigenvalue weighted by atomic mass is 16.4. The molecule has 1 saturated heterocycles. The number of para-hydroxylation sites is 1. The van der Waals surface area contributed by atoms with Gasteiger partial charge < -0.3 is 9.32 Å². The summed E-state index contributed by atoms with van der Waals surface area (Å²) >= 11 is 0. The Morgan fingerprint density at radius 2 is 1.92 bits per heavy atom. The molecule has 0 bridgehead atoms. The van der Waals surface area contributed by atoms with Crippen LogP contribution in [0.25, 0.3) is 0 Å². The largest absolute Gasteiger partial charge is 0.444 e. The Morgan fingerprint density at radius 1 is 1.12 bits per heavy atom. The minimum atomic E-state index is 0.147. The average molecular weight is 351 g/mol. The Kier molecular flexibility index (Phi) is 4.04. The van der Waals surface area contributed by atoms with Crippen molar-refractivity contribution in [2.45, 2.75) is 44.6 Å². The Bertz CT molecular complexity index is 803. The van der Waals surface area contributed by atoms with E-state index in [0.29, 0.717) is 11.8 Å². The highest BCUT2D eigenvalue weighted by Crippen LogP contribution is 2.39. The highest BCUT2D eigenvalue weighted by molar-refractivity contribution is 5.97. The Balaban J connectivity index is 1.17. The number of carbonyl (C=O) groups is 1. The molecule has 0 unspecified atom stereocenters. The van der Waals surface area contributed by atoms with Crippen LogP contribution < -0.4 is 4.90 Å². The van der Waals surface area contributed by atoms with Crippen molar-refractivity contribution in [1.29, 1.82) is 0 Å². The third-order valence-corrected chi connectivity index (χ3v) is 5.97. The number of rotatable bonds is 4. The maximum Gasteiger partial charge on any atom is 0.230 e. The molecular weight excluding hydrogens is 326 g/mol. The minimum absolute atomic E-state index is 0.147. The highest BCUT2D eigenvalue weighted by Gasteiger charge is 2.33. The van der Waals surface area contributed by atoms with Crippen LogP contribution in [0, 0.1) is 5.92 Å². The van der Waals surface area contributed by atoms with Gasteiger partial charge in [-0.25, -0.2) is 4.98 Å². The van der Waals surface area contributed by atoms with Gasteiger partial charge in [-0.15, -0.1) is 0 Å². The molecular formula is C21H25N3O2. The van der Waals surface area contributed by atoms with Gasteiger partial charge in [-0.1, -0.05) is 18.2 Å². The fourth-order valence-corrected chi connectivity index (χ4v) is 4.26. The number of amides is 1. The monoisotopic (exact) mass is 351 g/mol. The van der Waals surface area contributed by atoms with Crippen LogP contribution in [0.4, 0.5) is 5.69 Å². The summed E-state index contributed by atoms with van der Waals surface area (Å²) in [5.41, 5.74) is 2.42. The van der Waals surface area contributed by atoms with Crippen molar-refractivity contribution in [3.63, 3.8) is 0 Å². The summed E-state index contributed by atoms with van der Waals surface area (Å²) in [7, 11) is 0. The molecule has 2 aliphatic heterocycles. The van der Waals surface area contributed by atoms with Crippen molar-refractivity contribution in [3.8, 4) is 0 Å². The molecule has 0 radical (unpaired) electrons. The fraction of sp³-hybridized carbons (Fsp3) is 0.524. The summed E-state index contributed by atoms with van der Waals surface area (Å²) in [5.74, 6) is 2.90. The van der Waals surface area contributed by atoms with Crippen LogP contribution in [-0.2, 0) is 17.8 Å². The molecule has 136 valence electrons. The van der Waals surface area contributed by atoms with Gasteiger partial charge in [0.25, 0.3) is 0 Å².